The van der Waals surface area contributed by atoms with Crippen molar-refractivity contribution in [2.24, 2.45) is 0 Å². The SMILES string of the molecule is CC/C=C\CC=O.CCC(=O)O. The van der Waals surface area contributed by atoms with Crippen molar-refractivity contribution < 1.29 is 14.7 Å². The van der Waals surface area contributed by atoms with Crippen molar-refractivity contribution in [3.63, 3.8) is 0 Å². The molecular formula is C9H16O3. The van der Waals surface area contributed by atoms with Crippen molar-refractivity contribution in [2.45, 2.75) is 33.1 Å². The smallest absolute Gasteiger partial charge is 0.303 e. The molecule has 0 spiro atoms. The Hall–Kier alpha value is -1.12. The second kappa shape index (κ2) is 12.5. The maximum Gasteiger partial charge on any atom is 0.303 e. The normalized spacial score (nSPS) is 8.83. The molecule has 12 heavy (non-hydrogen) atoms. The molecule has 0 aromatic rings. The van der Waals surface area contributed by atoms with Crippen LogP contribution in [0, 0.1) is 0 Å². The predicted octanol–water partition coefficient (Wildman–Crippen LogP) is 2.02. The molecule has 0 atom stereocenters. The van der Waals surface area contributed by atoms with E-state index >= 15 is 0 Å². The van der Waals surface area contributed by atoms with Crippen molar-refractivity contribution in [1.29, 1.82) is 0 Å². The molecule has 0 aliphatic rings. The van der Waals surface area contributed by atoms with Crippen molar-refractivity contribution in [3.8, 4) is 0 Å². The van der Waals surface area contributed by atoms with Crippen molar-refractivity contribution in [1.82, 2.24) is 0 Å². The van der Waals surface area contributed by atoms with Crippen LogP contribution in [0.15, 0.2) is 12.2 Å². The molecule has 0 aromatic heterocycles. The Kier molecular flexibility index (Phi) is 14.1. The van der Waals surface area contributed by atoms with E-state index in [2.05, 4.69) is 0 Å². The highest BCUT2D eigenvalue weighted by Gasteiger charge is 1.80. The monoisotopic (exact) mass is 172 g/mol. The molecule has 0 bridgehead atoms. The predicted molar refractivity (Wildman–Crippen MR) is 48.0 cm³/mol. The summed E-state index contributed by atoms with van der Waals surface area (Å²) in [5, 5.41) is 7.72. The van der Waals surface area contributed by atoms with Crippen molar-refractivity contribution in [3.05, 3.63) is 12.2 Å². The summed E-state index contributed by atoms with van der Waals surface area (Å²) in [4.78, 5) is 19.0. The number of carbonyl (C=O) groups is 2. The molecule has 3 nitrogen and oxygen atoms in total. The Bertz CT molecular complexity index is 139. The lowest BCUT2D eigenvalue weighted by Gasteiger charge is -1.72. The molecule has 0 saturated carbocycles. The van der Waals surface area contributed by atoms with Gasteiger partial charge in [-0.1, -0.05) is 26.0 Å². The Balaban J connectivity index is 0. The molecule has 3 heteroatoms. The van der Waals surface area contributed by atoms with Crippen LogP contribution >= 0.6 is 0 Å². The molecular weight excluding hydrogens is 156 g/mol. The number of aldehydes is 1. The third-order valence-electron chi connectivity index (χ3n) is 0.937. The Morgan fingerprint density at radius 1 is 1.33 bits per heavy atom. The number of allylic oxidation sites excluding steroid dienone is 2. The van der Waals surface area contributed by atoms with Gasteiger partial charge in [0, 0.05) is 12.8 Å². The van der Waals surface area contributed by atoms with E-state index in [1.54, 1.807) is 6.92 Å². The number of hydrogen-bond donors (Lipinski definition) is 1. The van der Waals surface area contributed by atoms with Gasteiger partial charge in [0.2, 0.25) is 0 Å². The van der Waals surface area contributed by atoms with Crippen LogP contribution in [0.5, 0.6) is 0 Å². The average Bonchev–Trinajstić information content (AvgIpc) is 2.07. The zero-order valence-corrected chi connectivity index (χ0v) is 7.62. The molecule has 0 aliphatic carbocycles. The first-order chi connectivity index (χ1) is 5.68. The number of carboxylic acid groups (broad SMARTS) is 1. The maximum atomic E-state index is 9.63. The minimum Gasteiger partial charge on any atom is -0.481 e. The topological polar surface area (TPSA) is 54.4 Å². The van der Waals surface area contributed by atoms with E-state index in [0.29, 0.717) is 6.42 Å². The third kappa shape index (κ3) is 23.2. The molecule has 0 rings (SSSR count). The van der Waals surface area contributed by atoms with Gasteiger partial charge in [-0.25, -0.2) is 0 Å². The Labute approximate surface area is 73.1 Å². The molecule has 0 fully saturated rings. The molecule has 0 aromatic carbocycles. The van der Waals surface area contributed by atoms with Crippen LogP contribution in [-0.4, -0.2) is 17.4 Å². The highest BCUT2D eigenvalue weighted by Crippen LogP contribution is 1.80. The Morgan fingerprint density at radius 2 is 1.83 bits per heavy atom. The second-order valence-electron chi connectivity index (χ2n) is 2.03. The first-order valence-electron chi connectivity index (χ1n) is 3.99. The number of hydrogen-bond acceptors (Lipinski definition) is 2. The van der Waals surface area contributed by atoms with Gasteiger partial charge >= 0.3 is 5.97 Å². The molecule has 0 amide bonds. The second-order valence-corrected chi connectivity index (χ2v) is 2.03. The average molecular weight is 172 g/mol. The summed E-state index contributed by atoms with van der Waals surface area (Å²) in [6, 6.07) is 0. The molecule has 0 saturated heterocycles. The zero-order valence-electron chi connectivity index (χ0n) is 7.62. The van der Waals surface area contributed by atoms with E-state index in [1.807, 2.05) is 19.1 Å². The van der Waals surface area contributed by atoms with E-state index in [9.17, 15) is 9.59 Å². The van der Waals surface area contributed by atoms with Crippen LogP contribution in [0.3, 0.4) is 0 Å². The minimum atomic E-state index is -0.745. The van der Waals surface area contributed by atoms with Crippen LogP contribution in [0.2, 0.25) is 0 Å². The lowest BCUT2D eigenvalue weighted by Crippen LogP contribution is -1.86. The highest BCUT2D eigenvalue weighted by atomic mass is 16.4. The molecule has 70 valence electrons. The molecule has 0 radical (unpaired) electrons. The molecule has 0 heterocycles. The van der Waals surface area contributed by atoms with Gasteiger partial charge in [0.25, 0.3) is 0 Å². The summed E-state index contributed by atoms with van der Waals surface area (Å²) in [7, 11) is 0. The van der Waals surface area contributed by atoms with Gasteiger partial charge in [-0.2, -0.15) is 0 Å². The fourth-order valence-electron chi connectivity index (χ4n) is 0.318. The first kappa shape index (κ1) is 13.5. The van der Waals surface area contributed by atoms with E-state index in [1.165, 1.54) is 0 Å². The van der Waals surface area contributed by atoms with Crippen molar-refractivity contribution >= 4 is 12.3 Å². The summed E-state index contributed by atoms with van der Waals surface area (Å²) in [6.45, 7) is 3.64. The highest BCUT2D eigenvalue weighted by molar-refractivity contribution is 5.66. The lowest BCUT2D eigenvalue weighted by atomic mass is 10.3. The quantitative estimate of drug-likeness (QED) is 0.521. The largest absolute Gasteiger partial charge is 0.481 e. The van der Waals surface area contributed by atoms with Crippen LogP contribution in [0.1, 0.15) is 33.1 Å². The number of aliphatic carboxylic acids is 1. The number of carboxylic acids is 1. The summed E-state index contributed by atoms with van der Waals surface area (Å²) >= 11 is 0. The van der Waals surface area contributed by atoms with Gasteiger partial charge in [-0.3, -0.25) is 4.79 Å². The summed E-state index contributed by atoms with van der Waals surface area (Å²) in [5.74, 6) is -0.745. The van der Waals surface area contributed by atoms with Crippen LogP contribution in [-0.2, 0) is 9.59 Å². The van der Waals surface area contributed by atoms with Gasteiger partial charge < -0.3 is 9.90 Å². The van der Waals surface area contributed by atoms with E-state index in [0.717, 1.165) is 12.7 Å². The maximum absolute atomic E-state index is 9.63. The fraction of sp³-hybridized carbons (Fsp3) is 0.556. The summed E-state index contributed by atoms with van der Waals surface area (Å²) in [5.41, 5.74) is 0. The minimum absolute atomic E-state index is 0.222. The van der Waals surface area contributed by atoms with E-state index in [-0.39, 0.29) is 6.42 Å². The zero-order chi connectivity index (χ0) is 9.82. The van der Waals surface area contributed by atoms with E-state index < -0.39 is 5.97 Å². The van der Waals surface area contributed by atoms with Crippen LogP contribution in [0.25, 0.3) is 0 Å². The van der Waals surface area contributed by atoms with Crippen LogP contribution in [0.4, 0.5) is 0 Å². The van der Waals surface area contributed by atoms with Crippen LogP contribution < -0.4 is 0 Å². The van der Waals surface area contributed by atoms with E-state index in [4.69, 9.17) is 5.11 Å². The third-order valence-corrected chi connectivity index (χ3v) is 0.937. The van der Waals surface area contributed by atoms with Gasteiger partial charge in [-0.05, 0) is 6.42 Å². The molecule has 0 aliphatic heterocycles. The standard InChI is InChI=1S/C6H10O.C3H6O2/c1-2-3-4-5-6-7;1-2-3(4)5/h3-4,6H,2,5H2,1H3;2H2,1H3,(H,4,5)/b4-3-;. The lowest BCUT2D eigenvalue weighted by molar-refractivity contribution is -0.136. The van der Waals surface area contributed by atoms with Gasteiger partial charge in [-0.15, -0.1) is 0 Å². The van der Waals surface area contributed by atoms with Crippen molar-refractivity contribution in [2.75, 3.05) is 0 Å². The summed E-state index contributed by atoms with van der Waals surface area (Å²) in [6.07, 6.45) is 6.55. The van der Waals surface area contributed by atoms with Gasteiger partial charge in [0.05, 0.1) is 0 Å². The summed E-state index contributed by atoms with van der Waals surface area (Å²) < 4.78 is 0. The number of rotatable bonds is 4. The molecule has 0 unspecified atom stereocenters. The van der Waals surface area contributed by atoms with Gasteiger partial charge in [0.1, 0.15) is 6.29 Å². The fourth-order valence-corrected chi connectivity index (χ4v) is 0.318. The first-order valence-corrected chi connectivity index (χ1v) is 3.99. The van der Waals surface area contributed by atoms with Gasteiger partial charge in [0.15, 0.2) is 0 Å². The Morgan fingerprint density at radius 3 is 2.08 bits per heavy atom. The molecule has 1 N–H and O–H groups in total. The number of carbonyl (C=O) groups excluding carboxylic acids is 1.